The molecule has 0 fully saturated rings. The summed E-state index contributed by atoms with van der Waals surface area (Å²) in [7, 11) is 0. The minimum Gasteiger partial charge on any atom is -0.421 e. The first-order valence-electron chi connectivity index (χ1n) is 11.5. The highest BCUT2D eigenvalue weighted by Crippen LogP contribution is 2.35. The molecule has 0 saturated carbocycles. The molecule has 0 aliphatic carbocycles. The zero-order chi connectivity index (χ0) is 27.5. The quantitative estimate of drug-likeness (QED) is 0.0794. The van der Waals surface area contributed by atoms with Crippen LogP contribution < -0.4 is 10.2 Å². The first-order valence-corrected chi connectivity index (χ1v) is 14.2. The van der Waals surface area contributed by atoms with Crippen molar-refractivity contribution in [1.29, 1.82) is 0 Å². The molecule has 0 aliphatic heterocycles. The average molecular weight is 731 g/mol. The van der Waals surface area contributed by atoms with Gasteiger partial charge in [0, 0.05) is 36.0 Å². The zero-order valence-corrected chi connectivity index (χ0v) is 25.4. The van der Waals surface area contributed by atoms with Gasteiger partial charge in [0.2, 0.25) is 0 Å². The van der Waals surface area contributed by atoms with Crippen molar-refractivity contribution in [3.63, 3.8) is 0 Å². The van der Waals surface area contributed by atoms with E-state index in [1.807, 2.05) is 42.5 Å². The molecule has 1 amide bonds. The largest absolute Gasteiger partial charge is 0.421 e. The van der Waals surface area contributed by atoms with E-state index in [9.17, 15) is 9.59 Å². The summed E-state index contributed by atoms with van der Waals surface area (Å²) in [5.74, 6) is -0.720. The van der Waals surface area contributed by atoms with Crippen molar-refractivity contribution in [2.75, 3.05) is 0 Å². The number of esters is 1. The van der Waals surface area contributed by atoms with Crippen molar-refractivity contribution in [2.24, 2.45) is 5.10 Å². The number of H-pyrrole nitrogens is 1. The molecule has 0 aliphatic rings. The first-order chi connectivity index (χ1) is 18.8. The number of fused-ring (bicyclic) bond motifs is 1. The Balaban J connectivity index is 1.43. The lowest BCUT2D eigenvalue weighted by Gasteiger charge is -2.11. The number of amides is 1. The van der Waals surface area contributed by atoms with Crippen molar-refractivity contribution >= 4 is 88.4 Å². The van der Waals surface area contributed by atoms with Gasteiger partial charge in [0.25, 0.3) is 5.91 Å². The number of hydrogen-bond acceptors (Lipinski definition) is 4. The van der Waals surface area contributed by atoms with Gasteiger partial charge in [-0.25, -0.2) is 10.2 Å². The van der Waals surface area contributed by atoms with Crippen molar-refractivity contribution in [3.8, 4) is 16.9 Å². The molecule has 0 saturated heterocycles. The lowest BCUT2D eigenvalue weighted by Crippen LogP contribution is -2.19. The fourth-order valence-electron chi connectivity index (χ4n) is 3.98. The fraction of sp³-hybridized carbons (Fsp3) is 0. The molecule has 39 heavy (non-hydrogen) atoms. The van der Waals surface area contributed by atoms with Crippen molar-refractivity contribution in [3.05, 3.63) is 120 Å². The number of carbonyl (C=O) groups is 2. The molecule has 10 heteroatoms. The molecule has 194 valence electrons. The van der Waals surface area contributed by atoms with Gasteiger partial charge >= 0.3 is 5.97 Å². The van der Waals surface area contributed by atoms with Crippen LogP contribution in [0.3, 0.4) is 0 Å². The summed E-state index contributed by atoms with van der Waals surface area (Å²) >= 11 is 16.5. The van der Waals surface area contributed by atoms with Crippen LogP contribution in [0.5, 0.6) is 5.75 Å². The highest BCUT2D eigenvalue weighted by Gasteiger charge is 2.20. The number of hydrazone groups is 1. The van der Waals surface area contributed by atoms with Crippen LogP contribution in [0.2, 0.25) is 5.02 Å². The highest BCUT2D eigenvalue weighted by atomic mass is 79.9. The number of halogens is 4. The van der Waals surface area contributed by atoms with Crippen LogP contribution in [0, 0.1) is 0 Å². The molecule has 5 aromatic rings. The number of benzene rings is 4. The van der Waals surface area contributed by atoms with Crippen LogP contribution in [0.15, 0.2) is 103 Å². The molecular formula is C29H17Br3ClN3O3. The van der Waals surface area contributed by atoms with Gasteiger partial charge in [0.1, 0.15) is 5.69 Å². The maximum absolute atomic E-state index is 13.3. The Labute approximate surface area is 253 Å². The van der Waals surface area contributed by atoms with Gasteiger partial charge < -0.3 is 9.72 Å². The second-order valence-corrected chi connectivity index (χ2v) is 11.5. The van der Waals surface area contributed by atoms with Gasteiger partial charge in [0.15, 0.2) is 5.75 Å². The Kier molecular flexibility index (Phi) is 8.32. The number of nitrogens with one attached hydrogen (secondary N) is 2. The Hall–Kier alpha value is -3.24. The highest BCUT2D eigenvalue weighted by molar-refractivity contribution is 9.11. The van der Waals surface area contributed by atoms with Crippen molar-refractivity contribution in [1.82, 2.24) is 10.4 Å². The van der Waals surface area contributed by atoms with Crippen LogP contribution in [-0.2, 0) is 0 Å². The van der Waals surface area contributed by atoms with E-state index in [1.54, 1.807) is 42.5 Å². The van der Waals surface area contributed by atoms with E-state index in [1.165, 1.54) is 6.21 Å². The van der Waals surface area contributed by atoms with Gasteiger partial charge in [-0.1, -0.05) is 73.8 Å². The Bertz CT molecular complexity index is 1740. The van der Waals surface area contributed by atoms with E-state index >= 15 is 0 Å². The van der Waals surface area contributed by atoms with E-state index in [-0.39, 0.29) is 5.75 Å². The minimum absolute atomic E-state index is 0.259. The Morgan fingerprint density at radius 1 is 0.897 bits per heavy atom. The van der Waals surface area contributed by atoms with Gasteiger partial charge in [0.05, 0.1) is 16.3 Å². The second kappa shape index (κ2) is 11.9. The third-order valence-electron chi connectivity index (χ3n) is 5.73. The van der Waals surface area contributed by atoms with Crippen LogP contribution in [0.25, 0.3) is 22.0 Å². The Morgan fingerprint density at radius 2 is 1.64 bits per heavy atom. The molecule has 0 radical (unpaired) electrons. The fourth-order valence-corrected chi connectivity index (χ4v) is 5.75. The van der Waals surface area contributed by atoms with Crippen LogP contribution in [0.4, 0.5) is 0 Å². The molecule has 0 unspecified atom stereocenters. The number of carbonyl (C=O) groups excluding carboxylic acids is 2. The monoisotopic (exact) mass is 727 g/mol. The summed E-state index contributed by atoms with van der Waals surface area (Å²) in [6, 6.07) is 25.3. The number of rotatable bonds is 6. The zero-order valence-electron chi connectivity index (χ0n) is 19.8. The predicted molar refractivity (Wildman–Crippen MR) is 165 cm³/mol. The summed E-state index contributed by atoms with van der Waals surface area (Å²) in [5.41, 5.74) is 6.12. The van der Waals surface area contributed by atoms with Gasteiger partial charge in [-0.2, -0.15) is 5.10 Å². The normalized spacial score (nSPS) is 11.2. The molecule has 0 atom stereocenters. The van der Waals surface area contributed by atoms with Crippen LogP contribution in [-0.4, -0.2) is 23.1 Å². The standard InChI is InChI=1S/C29H17Br3ClN3O3/c30-19-8-6-17(7-9-19)29(38)39-27-18(12-20(31)13-23(27)32)15-34-36-28(37)26-25(16-4-2-1-3-5-16)22-14-21(33)10-11-24(22)35-26/h1-15,35H,(H,36,37). The van der Waals surface area contributed by atoms with Gasteiger partial charge in [-0.15, -0.1) is 0 Å². The summed E-state index contributed by atoms with van der Waals surface area (Å²) in [6.45, 7) is 0. The van der Waals surface area contributed by atoms with Gasteiger partial charge in [-0.05, 0) is 76.1 Å². The summed E-state index contributed by atoms with van der Waals surface area (Å²) < 4.78 is 7.79. The maximum atomic E-state index is 13.3. The molecule has 1 heterocycles. The SMILES string of the molecule is O=C(Oc1c(Br)cc(Br)cc1C=NNC(=O)c1[nH]c2ccc(Cl)cc2c1-c1ccccc1)c1ccc(Br)cc1. The number of hydrogen-bond donors (Lipinski definition) is 2. The molecule has 4 aromatic carbocycles. The third kappa shape index (κ3) is 6.17. The smallest absolute Gasteiger partial charge is 0.343 e. The molecular weight excluding hydrogens is 714 g/mol. The third-order valence-corrected chi connectivity index (χ3v) is 7.54. The maximum Gasteiger partial charge on any atom is 0.343 e. The molecule has 0 bridgehead atoms. The number of ether oxygens (including phenoxy) is 1. The summed E-state index contributed by atoms with van der Waals surface area (Å²) in [4.78, 5) is 29.2. The number of nitrogens with zero attached hydrogens (tertiary/aromatic N) is 1. The summed E-state index contributed by atoms with van der Waals surface area (Å²) in [5, 5.41) is 5.55. The lowest BCUT2D eigenvalue weighted by molar-refractivity contribution is 0.0733. The van der Waals surface area contributed by atoms with E-state index in [2.05, 4.69) is 63.3 Å². The van der Waals surface area contributed by atoms with Crippen LogP contribution >= 0.6 is 59.4 Å². The topological polar surface area (TPSA) is 83.5 Å². The number of aromatic nitrogens is 1. The minimum atomic E-state index is -0.534. The lowest BCUT2D eigenvalue weighted by atomic mass is 10.0. The first kappa shape index (κ1) is 27.3. The second-order valence-electron chi connectivity index (χ2n) is 8.33. The molecule has 5 rings (SSSR count). The molecule has 6 nitrogen and oxygen atoms in total. The molecule has 2 N–H and O–H groups in total. The van der Waals surface area contributed by atoms with Crippen molar-refractivity contribution in [2.45, 2.75) is 0 Å². The predicted octanol–water partition coefficient (Wildman–Crippen LogP) is 8.76. The van der Waals surface area contributed by atoms with Crippen molar-refractivity contribution < 1.29 is 14.3 Å². The van der Waals surface area contributed by atoms with Crippen LogP contribution in [0.1, 0.15) is 26.4 Å². The molecule has 0 spiro atoms. The van der Waals surface area contributed by atoms with E-state index in [0.29, 0.717) is 26.3 Å². The van der Waals surface area contributed by atoms with Gasteiger partial charge in [-0.3, -0.25) is 4.79 Å². The molecule has 1 aromatic heterocycles. The average Bonchev–Trinajstić information content (AvgIpc) is 3.30. The Morgan fingerprint density at radius 3 is 2.38 bits per heavy atom. The summed E-state index contributed by atoms with van der Waals surface area (Å²) in [6.07, 6.45) is 1.42. The van der Waals surface area contributed by atoms with E-state index < -0.39 is 11.9 Å². The van der Waals surface area contributed by atoms with E-state index in [4.69, 9.17) is 16.3 Å². The van der Waals surface area contributed by atoms with E-state index in [0.717, 1.165) is 31.0 Å². The number of aromatic amines is 1.